The SMILES string of the molecule is N#C/C(=N\Nc1c(Cl)cc(C(F)(F)F)cc1Cl)c1ccc(S(=O)C(F)(F)F)cc1. The van der Waals surface area contributed by atoms with Crippen LogP contribution in [-0.4, -0.2) is 15.4 Å². The van der Waals surface area contributed by atoms with Crippen LogP contribution in [0.25, 0.3) is 0 Å². The van der Waals surface area contributed by atoms with Gasteiger partial charge in [0.15, 0.2) is 16.5 Å². The van der Waals surface area contributed by atoms with Crippen LogP contribution in [0.15, 0.2) is 46.4 Å². The molecule has 13 heteroatoms. The molecule has 1 unspecified atom stereocenters. The molecule has 0 saturated heterocycles. The molecule has 2 aromatic rings. The van der Waals surface area contributed by atoms with Gasteiger partial charge in [-0.15, -0.1) is 0 Å². The molecular weight excluding hydrogens is 467 g/mol. The maximum Gasteiger partial charge on any atom is 0.475 e. The molecular formula is C16H7Cl2F6N3OS. The zero-order chi connectivity index (χ0) is 22.0. The molecule has 1 atom stereocenters. The van der Waals surface area contributed by atoms with Gasteiger partial charge in [-0.1, -0.05) is 35.3 Å². The second-order valence-corrected chi connectivity index (χ2v) is 7.52. The fraction of sp³-hybridized carbons (Fsp3) is 0.125. The largest absolute Gasteiger partial charge is 0.475 e. The topological polar surface area (TPSA) is 65.2 Å². The molecule has 0 aromatic heterocycles. The maximum atomic E-state index is 12.7. The standard InChI is InChI=1S/C16H7Cl2F6N3OS/c17-11-5-9(15(19,20)21)6-12(18)14(11)27-26-13(7-25)8-1-3-10(4-2-8)29(28)16(22,23)24/h1-6,27H/b26-13+. The van der Waals surface area contributed by atoms with Crippen LogP contribution < -0.4 is 5.43 Å². The van der Waals surface area contributed by atoms with E-state index in [4.69, 9.17) is 23.2 Å². The third-order valence-corrected chi connectivity index (χ3v) is 5.02. The number of rotatable bonds is 4. The van der Waals surface area contributed by atoms with Crippen molar-refractivity contribution >= 4 is 45.4 Å². The Kier molecular flexibility index (Phi) is 6.82. The predicted molar refractivity (Wildman–Crippen MR) is 96.1 cm³/mol. The minimum absolute atomic E-state index is 0.0575. The smallest absolute Gasteiger partial charge is 0.274 e. The van der Waals surface area contributed by atoms with Crippen LogP contribution in [0.3, 0.4) is 0 Å². The summed E-state index contributed by atoms with van der Waals surface area (Å²) in [5.74, 6) is 0. The highest BCUT2D eigenvalue weighted by Crippen LogP contribution is 2.38. The van der Waals surface area contributed by atoms with Crippen molar-refractivity contribution in [2.75, 3.05) is 5.43 Å². The van der Waals surface area contributed by atoms with Gasteiger partial charge in [0.25, 0.3) is 0 Å². The highest BCUT2D eigenvalue weighted by atomic mass is 35.5. The molecule has 0 aliphatic rings. The molecule has 0 aliphatic carbocycles. The van der Waals surface area contributed by atoms with Crippen LogP contribution in [0, 0.1) is 11.3 Å². The van der Waals surface area contributed by atoms with Crippen LogP contribution in [0.5, 0.6) is 0 Å². The summed E-state index contributed by atoms with van der Waals surface area (Å²) in [6, 6.07) is 6.86. The fourth-order valence-corrected chi connectivity index (χ4v) is 3.20. The summed E-state index contributed by atoms with van der Waals surface area (Å²) in [6.07, 6.45) is -4.68. The number of anilines is 1. The van der Waals surface area contributed by atoms with Crippen LogP contribution in [0.1, 0.15) is 11.1 Å². The summed E-state index contributed by atoms with van der Waals surface area (Å²) in [6.45, 7) is 0. The summed E-state index contributed by atoms with van der Waals surface area (Å²) in [7, 11) is -3.24. The lowest BCUT2D eigenvalue weighted by molar-refractivity contribution is -0.137. The first-order valence-corrected chi connectivity index (χ1v) is 9.14. The Morgan fingerprint density at radius 1 is 1.03 bits per heavy atom. The van der Waals surface area contributed by atoms with Gasteiger partial charge in [-0.25, -0.2) is 4.21 Å². The molecule has 0 saturated carbocycles. The second kappa shape index (κ2) is 8.61. The van der Waals surface area contributed by atoms with Gasteiger partial charge < -0.3 is 0 Å². The van der Waals surface area contributed by atoms with Gasteiger partial charge in [-0.3, -0.25) is 5.43 Å². The first-order chi connectivity index (χ1) is 13.3. The zero-order valence-electron chi connectivity index (χ0n) is 13.7. The third kappa shape index (κ3) is 5.62. The van der Waals surface area contributed by atoms with Gasteiger partial charge in [0, 0.05) is 10.5 Å². The summed E-state index contributed by atoms with van der Waals surface area (Å²) in [5.41, 5.74) is -4.24. The highest BCUT2D eigenvalue weighted by molar-refractivity contribution is 7.86. The van der Waals surface area contributed by atoms with Crippen molar-refractivity contribution in [3.05, 3.63) is 57.6 Å². The van der Waals surface area contributed by atoms with Gasteiger partial charge in [0.1, 0.15) is 6.07 Å². The number of nitrogens with zero attached hydrogens (tertiary/aromatic N) is 2. The maximum absolute atomic E-state index is 12.7. The Hall–Kier alpha value is -2.29. The van der Waals surface area contributed by atoms with E-state index in [0.717, 1.165) is 24.3 Å². The molecule has 0 amide bonds. The van der Waals surface area contributed by atoms with E-state index >= 15 is 0 Å². The Labute approximate surface area is 172 Å². The molecule has 2 rings (SSSR count). The second-order valence-electron chi connectivity index (χ2n) is 5.24. The number of nitrogens with one attached hydrogen (secondary N) is 1. The lowest BCUT2D eigenvalue weighted by Crippen LogP contribution is -2.16. The van der Waals surface area contributed by atoms with Crippen LogP contribution >= 0.6 is 23.2 Å². The predicted octanol–water partition coefficient (Wildman–Crippen LogP) is 5.98. The Morgan fingerprint density at radius 3 is 1.97 bits per heavy atom. The average Bonchev–Trinajstić information content (AvgIpc) is 2.62. The molecule has 154 valence electrons. The molecule has 0 aliphatic heterocycles. The number of hydrogen-bond acceptors (Lipinski definition) is 4. The van der Waals surface area contributed by atoms with Gasteiger partial charge in [0.2, 0.25) is 0 Å². The molecule has 4 nitrogen and oxygen atoms in total. The van der Waals surface area contributed by atoms with Gasteiger partial charge >= 0.3 is 11.7 Å². The molecule has 0 fully saturated rings. The van der Waals surface area contributed by atoms with Gasteiger partial charge in [-0.2, -0.15) is 36.7 Å². The molecule has 0 spiro atoms. The Balaban J connectivity index is 2.30. The van der Waals surface area contributed by atoms with Crippen molar-refractivity contribution in [3.63, 3.8) is 0 Å². The summed E-state index contributed by atoms with van der Waals surface area (Å²) >= 11 is 11.5. The summed E-state index contributed by atoms with van der Waals surface area (Å²) in [4.78, 5) is -0.527. The van der Waals surface area contributed by atoms with Gasteiger partial charge in [-0.05, 0) is 24.3 Å². The van der Waals surface area contributed by atoms with E-state index in [2.05, 4.69) is 10.5 Å². The first-order valence-electron chi connectivity index (χ1n) is 7.23. The van der Waals surface area contributed by atoms with E-state index in [1.54, 1.807) is 6.07 Å². The van der Waals surface area contributed by atoms with Crippen LogP contribution in [0.4, 0.5) is 32.0 Å². The van der Waals surface area contributed by atoms with E-state index < -0.39 is 43.0 Å². The van der Waals surface area contributed by atoms with Crippen LogP contribution in [-0.2, 0) is 17.0 Å². The number of nitriles is 1. The quantitative estimate of drug-likeness (QED) is 0.337. The lowest BCUT2D eigenvalue weighted by Gasteiger charge is -2.12. The average molecular weight is 474 g/mol. The highest BCUT2D eigenvalue weighted by Gasteiger charge is 2.38. The monoisotopic (exact) mass is 473 g/mol. The van der Waals surface area contributed by atoms with Crippen LogP contribution in [0.2, 0.25) is 10.0 Å². The van der Waals surface area contributed by atoms with Crippen molar-refractivity contribution in [3.8, 4) is 6.07 Å². The Morgan fingerprint density at radius 2 is 1.55 bits per heavy atom. The number of hydrazone groups is 1. The van der Waals surface area contributed by atoms with E-state index in [0.29, 0.717) is 12.1 Å². The molecule has 29 heavy (non-hydrogen) atoms. The molecule has 0 heterocycles. The normalized spacial score (nSPS) is 13.7. The fourth-order valence-electron chi connectivity index (χ4n) is 1.98. The molecule has 0 bridgehead atoms. The summed E-state index contributed by atoms with van der Waals surface area (Å²) < 4.78 is 86.9. The van der Waals surface area contributed by atoms with Crippen molar-refractivity contribution in [1.29, 1.82) is 5.26 Å². The van der Waals surface area contributed by atoms with E-state index in [1.807, 2.05) is 0 Å². The van der Waals surface area contributed by atoms with Gasteiger partial charge in [0.05, 0.1) is 21.3 Å². The minimum Gasteiger partial charge on any atom is -0.274 e. The number of halogens is 8. The van der Waals surface area contributed by atoms with Crippen molar-refractivity contribution in [2.45, 2.75) is 16.6 Å². The number of benzene rings is 2. The lowest BCUT2D eigenvalue weighted by atomic mass is 10.1. The minimum atomic E-state index is -4.94. The molecule has 0 radical (unpaired) electrons. The summed E-state index contributed by atoms with van der Waals surface area (Å²) in [5, 5.41) is 12.0. The van der Waals surface area contributed by atoms with E-state index in [9.17, 15) is 35.8 Å². The van der Waals surface area contributed by atoms with Crippen molar-refractivity contribution < 1.29 is 30.6 Å². The van der Waals surface area contributed by atoms with E-state index in [1.165, 1.54) is 0 Å². The number of alkyl halides is 6. The van der Waals surface area contributed by atoms with Crippen molar-refractivity contribution in [1.82, 2.24) is 0 Å². The van der Waals surface area contributed by atoms with Crippen molar-refractivity contribution in [2.24, 2.45) is 5.10 Å². The Bertz CT molecular complexity index is 990. The van der Waals surface area contributed by atoms with E-state index in [-0.39, 0.29) is 17.0 Å². The number of hydrogen-bond donors (Lipinski definition) is 1. The molecule has 2 aromatic carbocycles. The molecule has 1 N–H and O–H groups in total. The third-order valence-electron chi connectivity index (χ3n) is 3.31. The first kappa shape index (κ1) is 23.0. The zero-order valence-corrected chi connectivity index (χ0v) is 16.0.